The van der Waals surface area contributed by atoms with Gasteiger partial charge in [-0.1, -0.05) is 60.7 Å². The summed E-state index contributed by atoms with van der Waals surface area (Å²) >= 11 is 0. The van der Waals surface area contributed by atoms with Gasteiger partial charge in [0, 0.05) is 13.6 Å². The van der Waals surface area contributed by atoms with Crippen molar-refractivity contribution in [1.82, 2.24) is 19.2 Å². The van der Waals surface area contributed by atoms with Crippen molar-refractivity contribution in [3.8, 4) is 5.69 Å². The van der Waals surface area contributed by atoms with Crippen molar-refractivity contribution < 1.29 is 18.0 Å². The van der Waals surface area contributed by atoms with Gasteiger partial charge < -0.3 is 4.90 Å². The number of nitrogens with zero attached hydrogens (tertiary/aromatic N) is 4. The molecule has 0 saturated carbocycles. The van der Waals surface area contributed by atoms with E-state index in [2.05, 4.69) is 5.10 Å². The van der Waals surface area contributed by atoms with Crippen LogP contribution in [0.1, 0.15) is 27.2 Å². The number of carbonyl (C=O) groups excluding carboxylic acids is 1. The van der Waals surface area contributed by atoms with E-state index in [0.717, 1.165) is 26.9 Å². The van der Waals surface area contributed by atoms with Gasteiger partial charge in [-0.15, -0.1) is 0 Å². The van der Waals surface area contributed by atoms with E-state index in [9.17, 15) is 27.6 Å². The first-order valence-electron chi connectivity index (χ1n) is 10.9. The number of para-hydroxylation sites is 1. The van der Waals surface area contributed by atoms with E-state index in [1.165, 1.54) is 24.1 Å². The standard InChI is InChI=1S/C26H21F3N4O3/c1-31(16-18-9-4-2-5-10-18)23(34)22-24(35)32(17-19-11-8-12-20(15-19)26(27,28)29)25(36)33(30-22)21-13-6-3-7-14-21/h2-15H,16-17H2,1H3. The summed E-state index contributed by atoms with van der Waals surface area (Å²) in [5.41, 5.74) is -2.13. The molecule has 0 saturated heterocycles. The van der Waals surface area contributed by atoms with Crippen LogP contribution in [0.25, 0.3) is 5.69 Å². The Morgan fingerprint density at radius 3 is 2.14 bits per heavy atom. The molecule has 0 fully saturated rings. The highest BCUT2D eigenvalue weighted by molar-refractivity contribution is 5.91. The van der Waals surface area contributed by atoms with Crippen molar-refractivity contribution >= 4 is 5.91 Å². The Hall–Kier alpha value is -4.47. The van der Waals surface area contributed by atoms with Crippen molar-refractivity contribution in [2.24, 2.45) is 0 Å². The van der Waals surface area contributed by atoms with Crippen LogP contribution in [0.3, 0.4) is 0 Å². The lowest BCUT2D eigenvalue weighted by Gasteiger charge is -2.18. The van der Waals surface area contributed by atoms with Gasteiger partial charge in [0.15, 0.2) is 0 Å². The SMILES string of the molecule is CN(Cc1ccccc1)C(=O)c1nn(-c2ccccc2)c(=O)n(Cc2cccc(C(F)(F)F)c2)c1=O. The summed E-state index contributed by atoms with van der Waals surface area (Å²) in [4.78, 5) is 41.0. The van der Waals surface area contributed by atoms with Gasteiger partial charge in [0.25, 0.3) is 11.5 Å². The fourth-order valence-electron chi connectivity index (χ4n) is 3.66. The molecule has 36 heavy (non-hydrogen) atoms. The summed E-state index contributed by atoms with van der Waals surface area (Å²) in [7, 11) is 1.49. The van der Waals surface area contributed by atoms with E-state index in [1.807, 2.05) is 30.3 Å². The molecule has 0 spiro atoms. The number of rotatable bonds is 6. The van der Waals surface area contributed by atoms with Crippen molar-refractivity contribution in [2.75, 3.05) is 7.05 Å². The maximum atomic E-state index is 13.3. The number of carbonyl (C=O) groups is 1. The fourth-order valence-corrected chi connectivity index (χ4v) is 3.66. The number of alkyl halides is 3. The Bertz CT molecular complexity index is 1500. The van der Waals surface area contributed by atoms with Gasteiger partial charge in [-0.3, -0.25) is 14.2 Å². The summed E-state index contributed by atoms with van der Waals surface area (Å²) in [5.74, 6) is -0.730. The number of aromatic nitrogens is 3. The monoisotopic (exact) mass is 494 g/mol. The molecular formula is C26H21F3N4O3. The molecule has 1 heterocycles. The van der Waals surface area contributed by atoms with Gasteiger partial charge in [0.2, 0.25) is 5.69 Å². The first-order chi connectivity index (χ1) is 17.1. The molecule has 7 nitrogen and oxygen atoms in total. The number of amides is 1. The maximum absolute atomic E-state index is 13.3. The zero-order valence-electron chi connectivity index (χ0n) is 19.1. The first-order valence-corrected chi connectivity index (χ1v) is 10.9. The summed E-state index contributed by atoms with van der Waals surface area (Å²) in [6, 6.07) is 21.5. The molecule has 0 N–H and O–H groups in total. The summed E-state index contributed by atoms with van der Waals surface area (Å²) in [6.45, 7) is -0.293. The predicted molar refractivity (Wildman–Crippen MR) is 127 cm³/mol. The number of halogens is 3. The van der Waals surface area contributed by atoms with E-state index in [4.69, 9.17) is 0 Å². The molecule has 0 atom stereocenters. The lowest BCUT2D eigenvalue weighted by Crippen LogP contribution is -2.46. The minimum absolute atomic E-state index is 0.0749. The van der Waals surface area contributed by atoms with Crippen LogP contribution in [0.2, 0.25) is 0 Å². The van der Waals surface area contributed by atoms with E-state index in [1.54, 1.807) is 30.3 Å². The van der Waals surface area contributed by atoms with E-state index >= 15 is 0 Å². The van der Waals surface area contributed by atoms with Gasteiger partial charge in [-0.05, 0) is 35.4 Å². The van der Waals surface area contributed by atoms with Crippen LogP contribution in [-0.2, 0) is 19.3 Å². The lowest BCUT2D eigenvalue weighted by molar-refractivity contribution is -0.137. The molecule has 0 bridgehead atoms. The zero-order valence-corrected chi connectivity index (χ0v) is 19.1. The second kappa shape index (κ2) is 10.0. The van der Waals surface area contributed by atoms with Gasteiger partial charge in [-0.25, -0.2) is 4.79 Å². The zero-order chi connectivity index (χ0) is 25.9. The fraction of sp³-hybridized carbons (Fsp3) is 0.154. The van der Waals surface area contributed by atoms with Crippen LogP contribution < -0.4 is 11.2 Å². The Kier molecular flexibility index (Phi) is 6.86. The average Bonchev–Trinajstić information content (AvgIpc) is 2.87. The molecule has 0 radical (unpaired) electrons. The smallest absolute Gasteiger partial charge is 0.336 e. The molecule has 1 aromatic heterocycles. The van der Waals surface area contributed by atoms with Crippen molar-refractivity contribution in [1.29, 1.82) is 0 Å². The van der Waals surface area contributed by atoms with Gasteiger partial charge in [0.1, 0.15) is 0 Å². The summed E-state index contributed by atoms with van der Waals surface area (Å²) in [5, 5.41) is 4.06. The first kappa shape index (κ1) is 24.6. The van der Waals surface area contributed by atoms with Crippen molar-refractivity contribution in [3.05, 3.63) is 128 Å². The van der Waals surface area contributed by atoms with Crippen LogP contribution in [0.15, 0.2) is 94.5 Å². The largest absolute Gasteiger partial charge is 0.416 e. The Balaban J connectivity index is 1.81. The molecule has 4 rings (SSSR count). The van der Waals surface area contributed by atoms with Crippen LogP contribution in [0.4, 0.5) is 13.2 Å². The lowest BCUT2D eigenvalue weighted by atomic mass is 10.1. The average molecular weight is 494 g/mol. The third-order valence-corrected chi connectivity index (χ3v) is 5.47. The van der Waals surface area contributed by atoms with Crippen molar-refractivity contribution in [2.45, 2.75) is 19.3 Å². The molecule has 4 aromatic rings. The van der Waals surface area contributed by atoms with E-state index in [0.29, 0.717) is 5.69 Å². The second-order valence-electron chi connectivity index (χ2n) is 8.11. The molecule has 3 aromatic carbocycles. The highest BCUT2D eigenvalue weighted by atomic mass is 19.4. The number of benzene rings is 3. The second-order valence-corrected chi connectivity index (χ2v) is 8.11. The number of hydrogen-bond acceptors (Lipinski definition) is 4. The minimum atomic E-state index is -4.59. The molecule has 10 heteroatoms. The quantitative estimate of drug-likeness (QED) is 0.409. The molecule has 0 unspecified atom stereocenters. The third-order valence-electron chi connectivity index (χ3n) is 5.47. The summed E-state index contributed by atoms with van der Waals surface area (Å²) < 4.78 is 41.2. The minimum Gasteiger partial charge on any atom is -0.336 e. The Labute approximate surface area is 203 Å². The van der Waals surface area contributed by atoms with E-state index in [-0.39, 0.29) is 12.1 Å². The van der Waals surface area contributed by atoms with Crippen LogP contribution in [0, 0.1) is 0 Å². The van der Waals surface area contributed by atoms with Crippen molar-refractivity contribution in [3.63, 3.8) is 0 Å². The Morgan fingerprint density at radius 1 is 0.889 bits per heavy atom. The predicted octanol–water partition coefficient (Wildman–Crippen LogP) is 3.73. The highest BCUT2D eigenvalue weighted by Gasteiger charge is 2.30. The molecule has 0 aliphatic heterocycles. The van der Waals surface area contributed by atoms with Crippen LogP contribution in [0.5, 0.6) is 0 Å². The van der Waals surface area contributed by atoms with Gasteiger partial charge in [-0.2, -0.15) is 23.0 Å². The molecule has 0 aliphatic carbocycles. The number of hydrogen-bond donors (Lipinski definition) is 0. The Morgan fingerprint density at radius 2 is 1.50 bits per heavy atom. The van der Waals surface area contributed by atoms with Crippen LogP contribution >= 0.6 is 0 Å². The highest BCUT2D eigenvalue weighted by Crippen LogP contribution is 2.29. The van der Waals surface area contributed by atoms with Crippen LogP contribution in [-0.4, -0.2) is 32.2 Å². The third kappa shape index (κ3) is 5.27. The van der Waals surface area contributed by atoms with Gasteiger partial charge >= 0.3 is 11.9 Å². The molecule has 1 amide bonds. The van der Waals surface area contributed by atoms with Gasteiger partial charge in [0.05, 0.1) is 17.8 Å². The topological polar surface area (TPSA) is 77.2 Å². The molecule has 184 valence electrons. The van der Waals surface area contributed by atoms with E-state index < -0.39 is 41.1 Å². The normalized spacial score (nSPS) is 11.3. The molecular weight excluding hydrogens is 473 g/mol. The summed E-state index contributed by atoms with van der Waals surface area (Å²) in [6.07, 6.45) is -4.59. The maximum Gasteiger partial charge on any atom is 0.416 e. The molecule has 0 aliphatic rings.